The Balaban J connectivity index is 1.39. The van der Waals surface area contributed by atoms with Crippen LogP contribution in [0.3, 0.4) is 0 Å². The molecule has 1 saturated heterocycles. The van der Waals surface area contributed by atoms with Crippen LogP contribution in [0.4, 0.5) is 5.82 Å². The van der Waals surface area contributed by atoms with Crippen LogP contribution in [0.25, 0.3) is 11.3 Å². The van der Waals surface area contributed by atoms with Crippen LogP contribution < -0.4 is 16.2 Å². The molecular weight excluding hydrogens is 516 g/mol. The van der Waals surface area contributed by atoms with E-state index in [1.54, 1.807) is 23.1 Å². The Morgan fingerprint density at radius 3 is 2.56 bits per heavy atom. The highest BCUT2D eigenvalue weighted by Gasteiger charge is 2.38. The van der Waals surface area contributed by atoms with Crippen molar-refractivity contribution in [3.05, 3.63) is 97.8 Å². The molecule has 0 atom stereocenters. The first-order valence-electron chi connectivity index (χ1n) is 13.0. The molecule has 9 heteroatoms. The molecule has 4 heterocycles. The van der Waals surface area contributed by atoms with E-state index in [-0.39, 0.29) is 30.0 Å². The van der Waals surface area contributed by atoms with Crippen molar-refractivity contribution >= 4 is 40.6 Å². The fourth-order valence-corrected chi connectivity index (χ4v) is 5.64. The number of anilines is 1. The molecule has 0 bridgehead atoms. The van der Waals surface area contributed by atoms with Crippen LogP contribution in [0, 0.1) is 5.41 Å². The van der Waals surface area contributed by atoms with Gasteiger partial charge in [-0.1, -0.05) is 61.8 Å². The summed E-state index contributed by atoms with van der Waals surface area (Å²) in [4.78, 5) is 42.0. The number of pyridine rings is 1. The molecule has 0 aliphatic carbocycles. The Bertz CT molecular complexity index is 1580. The largest absolute Gasteiger partial charge is 0.488 e. The standard InChI is InChI=1S/C30H29ClN4O4/c1-30(2)16-34(17-30)25(36)14-35-27-22(26-24(13-32-27)21-6-4-3-5-19(21)15-39-26)11-23(29(35)38)28(37)33-12-18-7-9-20(31)10-8-18/h3-11,32H,12-17H2,1-2H3,(H,33,37). The summed E-state index contributed by atoms with van der Waals surface area (Å²) in [5.41, 5.74) is 4.04. The lowest BCUT2D eigenvalue weighted by molar-refractivity contribution is -0.142. The number of carbonyl (C=O) groups is 2. The average molecular weight is 545 g/mol. The van der Waals surface area contributed by atoms with E-state index in [2.05, 4.69) is 24.5 Å². The van der Waals surface area contributed by atoms with E-state index < -0.39 is 11.5 Å². The van der Waals surface area contributed by atoms with Crippen molar-refractivity contribution in [1.29, 1.82) is 0 Å². The van der Waals surface area contributed by atoms with E-state index in [0.717, 1.165) is 22.3 Å². The van der Waals surface area contributed by atoms with Gasteiger partial charge in [-0.2, -0.15) is 0 Å². The van der Waals surface area contributed by atoms with E-state index >= 15 is 0 Å². The van der Waals surface area contributed by atoms with E-state index in [9.17, 15) is 14.4 Å². The number of ether oxygens (including phenoxy) is 1. The fourth-order valence-electron chi connectivity index (χ4n) is 5.51. The van der Waals surface area contributed by atoms with E-state index in [4.69, 9.17) is 16.3 Å². The Labute approximate surface area is 231 Å². The maximum Gasteiger partial charge on any atom is 0.265 e. The molecular formula is C30H29ClN4O4. The lowest BCUT2D eigenvalue weighted by atomic mass is 9.84. The summed E-state index contributed by atoms with van der Waals surface area (Å²) in [6, 6.07) is 16.7. The first kappa shape index (κ1) is 25.2. The van der Waals surface area contributed by atoms with Crippen LogP contribution in [-0.2, 0) is 29.2 Å². The van der Waals surface area contributed by atoms with Gasteiger partial charge in [-0.25, -0.2) is 0 Å². The maximum absolute atomic E-state index is 13.7. The van der Waals surface area contributed by atoms with Gasteiger partial charge in [0.1, 0.15) is 30.3 Å². The van der Waals surface area contributed by atoms with E-state index in [0.29, 0.717) is 48.4 Å². The van der Waals surface area contributed by atoms with Gasteiger partial charge in [0.05, 0.1) is 5.56 Å². The van der Waals surface area contributed by atoms with Gasteiger partial charge < -0.3 is 20.3 Å². The predicted octanol–water partition coefficient (Wildman–Crippen LogP) is 4.12. The number of halogens is 1. The topological polar surface area (TPSA) is 92.7 Å². The Morgan fingerprint density at radius 1 is 1.08 bits per heavy atom. The summed E-state index contributed by atoms with van der Waals surface area (Å²) in [6.07, 6.45) is 0. The van der Waals surface area contributed by atoms with Crippen LogP contribution in [0.1, 0.15) is 46.5 Å². The van der Waals surface area contributed by atoms with Crippen molar-refractivity contribution in [1.82, 2.24) is 14.8 Å². The van der Waals surface area contributed by atoms with Crippen molar-refractivity contribution in [3.63, 3.8) is 0 Å². The molecule has 1 aromatic heterocycles. The van der Waals surface area contributed by atoms with Crippen LogP contribution in [0.15, 0.2) is 59.4 Å². The number of hydrogen-bond acceptors (Lipinski definition) is 5. The zero-order chi connectivity index (χ0) is 27.3. The average Bonchev–Trinajstić information content (AvgIpc) is 2.92. The SMILES string of the molecule is CC1(C)CN(C(=O)Cn2c3c(cc(C(=O)NCc4ccc(Cl)cc4)c2=O)C2=C(CN3)c3ccccc3CO2)C1. The van der Waals surface area contributed by atoms with Crippen LogP contribution in [0.5, 0.6) is 0 Å². The number of likely N-dealkylation sites (tertiary alicyclic amines) is 1. The molecule has 6 rings (SSSR count). The lowest BCUT2D eigenvalue weighted by Crippen LogP contribution is -2.56. The molecule has 0 spiro atoms. The first-order valence-corrected chi connectivity index (χ1v) is 13.3. The van der Waals surface area contributed by atoms with Crippen molar-refractivity contribution in [2.75, 3.05) is 25.0 Å². The molecule has 2 aromatic carbocycles. The minimum absolute atomic E-state index is 0.0440. The second-order valence-corrected chi connectivity index (χ2v) is 11.5. The molecule has 200 valence electrons. The number of amides is 2. The maximum atomic E-state index is 13.7. The summed E-state index contributed by atoms with van der Waals surface area (Å²) in [5, 5.41) is 6.79. The Kier molecular flexibility index (Phi) is 6.22. The Hall–Kier alpha value is -4.04. The Morgan fingerprint density at radius 2 is 1.82 bits per heavy atom. The van der Waals surface area contributed by atoms with Crippen LogP contribution >= 0.6 is 11.6 Å². The second-order valence-electron chi connectivity index (χ2n) is 11.0. The number of carbonyl (C=O) groups excluding carboxylic acids is 2. The second kappa shape index (κ2) is 9.61. The molecule has 1 fully saturated rings. The van der Waals surface area contributed by atoms with Gasteiger partial charge in [-0.05, 0) is 40.3 Å². The highest BCUT2D eigenvalue weighted by atomic mass is 35.5. The third-order valence-electron chi connectivity index (χ3n) is 7.45. The summed E-state index contributed by atoms with van der Waals surface area (Å²) >= 11 is 5.97. The molecule has 39 heavy (non-hydrogen) atoms. The molecule has 0 saturated carbocycles. The van der Waals surface area contributed by atoms with Crippen molar-refractivity contribution in [2.24, 2.45) is 5.41 Å². The van der Waals surface area contributed by atoms with Gasteiger partial charge in [-0.15, -0.1) is 0 Å². The fraction of sp³-hybridized carbons (Fsp3) is 0.300. The third kappa shape index (κ3) is 4.69. The van der Waals surface area contributed by atoms with Gasteiger partial charge in [0.25, 0.3) is 11.5 Å². The van der Waals surface area contributed by atoms with Gasteiger partial charge in [-0.3, -0.25) is 19.0 Å². The summed E-state index contributed by atoms with van der Waals surface area (Å²) in [5.74, 6) is 0.433. The van der Waals surface area contributed by atoms with Gasteiger partial charge in [0.15, 0.2) is 0 Å². The molecule has 2 amide bonds. The van der Waals surface area contributed by atoms with Gasteiger partial charge >= 0.3 is 0 Å². The monoisotopic (exact) mass is 544 g/mol. The number of benzene rings is 2. The highest BCUT2D eigenvalue weighted by molar-refractivity contribution is 6.30. The normalized spacial score (nSPS) is 16.6. The molecule has 0 radical (unpaired) electrons. The number of hydrogen-bond donors (Lipinski definition) is 2. The van der Waals surface area contributed by atoms with Gasteiger partial charge in [0, 0.05) is 36.8 Å². The molecule has 8 nitrogen and oxygen atoms in total. The zero-order valence-electron chi connectivity index (χ0n) is 21.8. The lowest BCUT2D eigenvalue weighted by Gasteiger charge is -2.46. The minimum Gasteiger partial charge on any atom is -0.488 e. The molecule has 0 unspecified atom stereocenters. The molecule has 3 aliphatic rings. The molecule has 3 aromatic rings. The van der Waals surface area contributed by atoms with Crippen LogP contribution in [0.2, 0.25) is 5.02 Å². The summed E-state index contributed by atoms with van der Waals surface area (Å²) < 4.78 is 7.58. The third-order valence-corrected chi connectivity index (χ3v) is 7.70. The summed E-state index contributed by atoms with van der Waals surface area (Å²) in [7, 11) is 0. The van der Waals surface area contributed by atoms with Crippen molar-refractivity contribution in [2.45, 2.75) is 33.5 Å². The van der Waals surface area contributed by atoms with E-state index in [1.807, 2.05) is 36.4 Å². The highest BCUT2D eigenvalue weighted by Crippen LogP contribution is 2.41. The predicted molar refractivity (Wildman–Crippen MR) is 150 cm³/mol. The molecule has 3 aliphatic heterocycles. The quantitative estimate of drug-likeness (QED) is 0.504. The number of rotatable bonds is 5. The molecule has 2 N–H and O–H groups in total. The number of aromatic nitrogens is 1. The number of nitrogens with one attached hydrogen (secondary N) is 2. The van der Waals surface area contributed by atoms with Crippen molar-refractivity contribution < 1.29 is 14.3 Å². The number of nitrogens with zero attached hydrogens (tertiary/aromatic N) is 2. The minimum atomic E-state index is -0.525. The number of fused-ring (bicyclic) bond motifs is 4. The first-order chi connectivity index (χ1) is 18.7. The smallest absolute Gasteiger partial charge is 0.265 e. The van der Waals surface area contributed by atoms with Gasteiger partial charge in [0.2, 0.25) is 5.91 Å². The summed E-state index contributed by atoms with van der Waals surface area (Å²) in [6.45, 7) is 6.35. The van der Waals surface area contributed by atoms with Crippen molar-refractivity contribution in [3.8, 4) is 0 Å². The zero-order valence-corrected chi connectivity index (χ0v) is 22.6. The van der Waals surface area contributed by atoms with Crippen LogP contribution in [-0.4, -0.2) is 40.9 Å². The van der Waals surface area contributed by atoms with E-state index in [1.165, 1.54) is 4.57 Å².